The molecule has 2 aromatic carbocycles. The third kappa shape index (κ3) is 5.69. The third-order valence-electron chi connectivity index (χ3n) is 5.34. The summed E-state index contributed by atoms with van der Waals surface area (Å²) in [5, 5.41) is 0. The molecule has 0 saturated carbocycles. The van der Waals surface area contributed by atoms with Crippen molar-refractivity contribution in [1.29, 1.82) is 0 Å². The van der Waals surface area contributed by atoms with Crippen molar-refractivity contribution in [3.63, 3.8) is 0 Å². The molecular weight excluding hydrogens is 382 g/mol. The Kier molecular flexibility index (Phi) is 7.22. The minimum Gasteiger partial charge on any atom is -0.497 e. The number of carbonyl (C=O) groups is 3. The highest BCUT2D eigenvalue weighted by atomic mass is 16.5. The highest BCUT2D eigenvalue weighted by molar-refractivity contribution is 5.98. The summed E-state index contributed by atoms with van der Waals surface area (Å²) in [6.07, 6.45) is 3.24. The SMILES string of the molecule is COc1ccc(CN(C)C(=O)COC(=O)CCC(=O)c2ccc3c(c2)CCC3)cc1. The molecule has 0 radical (unpaired) electrons. The van der Waals surface area contributed by atoms with Crippen molar-refractivity contribution in [2.75, 3.05) is 20.8 Å². The molecule has 1 aliphatic rings. The summed E-state index contributed by atoms with van der Waals surface area (Å²) in [5.41, 5.74) is 4.12. The smallest absolute Gasteiger partial charge is 0.306 e. The Morgan fingerprint density at radius 1 is 0.967 bits per heavy atom. The van der Waals surface area contributed by atoms with Crippen LogP contribution in [0.4, 0.5) is 0 Å². The lowest BCUT2D eigenvalue weighted by atomic mass is 10.0. The topological polar surface area (TPSA) is 72.9 Å². The summed E-state index contributed by atoms with van der Waals surface area (Å²) < 4.78 is 10.2. The van der Waals surface area contributed by atoms with Crippen LogP contribution in [0.3, 0.4) is 0 Å². The Balaban J connectivity index is 1.40. The van der Waals surface area contributed by atoms with Gasteiger partial charge in [0.15, 0.2) is 12.4 Å². The summed E-state index contributed by atoms with van der Waals surface area (Å²) in [5.74, 6) is -0.180. The first-order valence-electron chi connectivity index (χ1n) is 10.1. The molecule has 1 amide bonds. The third-order valence-corrected chi connectivity index (χ3v) is 5.34. The van der Waals surface area contributed by atoms with Crippen molar-refractivity contribution < 1.29 is 23.9 Å². The fourth-order valence-electron chi connectivity index (χ4n) is 3.52. The average molecular weight is 409 g/mol. The van der Waals surface area contributed by atoms with Crippen LogP contribution < -0.4 is 4.74 Å². The standard InChI is InChI=1S/C24H27NO5/c1-25(15-17-6-10-21(29-2)11-7-17)23(27)16-30-24(28)13-12-22(26)20-9-8-18-4-3-5-19(18)14-20/h6-11,14H,3-5,12-13,15-16H2,1-2H3. The maximum Gasteiger partial charge on any atom is 0.306 e. The van der Waals surface area contributed by atoms with Gasteiger partial charge < -0.3 is 14.4 Å². The van der Waals surface area contributed by atoms with E-state index < -0.39 is 5.97 Å². The van der Waals surface area contributed by atoms with Crippen molar-refractivity contribution in [3.05, 3.63) is 64.7 Å². The molecule has 0 aromatic heterocycles. The highest BCUT2D eigenvalue weighted by Gasteiger charge is 2.17. The number of rotatable bonds is 9. The molecule has 0 fully saturated rings. The predicted octanol–water partition coefficient (Wildman–Crippen LogP) is 3.35. The van der Waals surface area contributed by atoms with Gasteiger partial charge in [0.2, 0.25) is 0 Å². The molecule has 0 saturated heterocycles. The lowest BCUT2D eigenvalue weighted by molar-refractivity contribution is -0.151. The fraction of sp³-hybridized carbons (Fsp3) is 0.375. The van der Waals surface area contributed by atoms with Gasteiger partial charge in [-0.3, -0.25) is 14.4 Å². The minimum absolute atomic E-state index is 0.0363. The van der Waals surface area contributed by atoms with E-state index in [9.17, 15) is 14.4 Å². The van der Waals surface area contributed by atoms with Crippen molar-refractivity contribution >= 4 is 17.7 Å². The molecule has 0 heterocycles. The van der Waals surface area contributed by atoms with Crippen molar-refractivity contribution in [2.45, 2.75) is 38.6 Å². The van der Waals surface area contributed by atoms with Gasteiger partial charge in [-0.05, 0) is 54.2 Å². The van der Waals surface area contributed by atoms with Crippen molar-refractivity contribution in [1.82, 2.24) is 4.90 Å². The van der Waals surface area contributed by atoms with E-state index in [1.54, 1.807) is 14.2 Å². The van der Waals surface area contributed by atoms with Gasteiger partial charge in [-0.25, -0.2) is 0 Å². The number of Topliss-reactive ketones (excluding diaryl/α,β-unsaturated/α-hetero) is 1. The number of benzene rings is 2. The van der Waals surface area contributed by atoms with E-state index in [0.29, 0.717) is 12.1 Å². The van der Waals surface area contributed by atoms with Gasteiger partial charge in [0.05, 0.1) is 13.5 Å². The van der Waals surface area contributed by atoms with E-state index in [0.717, 1.165) is 30.6 Å². The van der Waals surface area contributed by atoms with Gasteiger partial charge in [0, 0.05) is 25.6 Å². The Bertz CT molecular complexity index is 920. The van der Waals surface area contributed by atoms with E-state index in [-0.39, 0.29) is 31.1 Å². The largest absolute Gasteiger partial charge is 0.497 e. The van der Waals surface area contributed by atoms with Crippen LogP contribution in [0.5, 0.6) is 5.75 Å². The minimum atomic E-state index is -0.546. The molecule has 0 aliphatic heterocycles. The number of likely N-dealkylation sites (N-methyl/N-ethyl adjacent to an activating group) is 1. The number of hydrogen-bond acceptors (Lipinski definition) is 5. The molecule has 3 rings (SSSR count). The van der Waals surface area contributed by atoms with E-state index in [1.165, 1.54) is 16.0 Å². The number of carbonyl (C=O) groups excluding carboxylic acids is 3. The number of esters is 1. The summed E-state index contributed by atoms with van der Waals surface area (Å²) in [4.78, 5) is 38.0. The Morgan fingerprint density at radius 2 is 1.70 bits per heavy atom. The zero-order valence-corrected chi connectivity index (χ0v) is 17.5. The number of nitrogens with zero attached hydrogens (tertiary/aromatic N) is 1. The summed E-state index contributed by atoms with van der Waals surface area (Å²) >= 11 is 0. The van der Waals surface area contributed by atoms with Crippen molar-refractivity contribution in [3.8, 4) is 5.75 Å². The van der Waals surface area contributed by atoms with Crippen LogP contribution in [-0.2, 0) is 33.7 Å². The number of ether oxygens (including phenoxy) is 2. The van der Waals surface area contributed by atoms with Crippen molar-refractivity contribution in [2.24, 2.45) is 0 Å². The average Bonchev–Trinajstić information content (AvgIpc) is 3.24. The second-order valence-corrected chi connectivity index (χ2v) is 7.52. The quantitative estimate of drug-likeness (QED) is 0.469. The summed E-state index contributed by atoms with van der Waals surface area (Å²) in [6, 6.07) is 13.2. The Morgan fingerprint density at radius 3 is 2.43 bits per heavy atom. The van der Waals surface area contributed by atoms with Gasteiger partial charge in [-0.15, -0.1) is 0 Å². The molecule has 30 heavy (non-hydrogen) atoms. The second kappa shape index (κ2) is 10.1. The Labute approximate surface area is 176 Å². The maximum absolute atomic E-state index is 12.4. The van der Waals surface area contributed by atoms with Crippen LogP contribution >= 0.6 is 0 Å². The second-order valence-electron chi connectivity index (χ2n) is 7.52. The molecule has 158 valence electrons. The molecule has 0 spiro atoms. The molecule has 1 aliphatic carbocycles. The molecule has 6 nitrogen and oxygen atoms in total. The van der Waals surface area contributed by atoms with Crippen LogP contribution in [0.1, 0.15) is 46.3 Å². The number of methoxy groups -OCH3 is 1. The zero-order valence-electron chi connectivity index (χ0n) is 17.5. The number of hydrogen-bond donors (Lipinski definition) is 0. The number of fused-ring (bicyclic) bond motifs is 1. The lowest BCUT2D eigenvalue weighted by Crippen LogP contribution is -2.30. The Hall–Kier alpha value is -3.15. The lowest BCUT2D eigenvalue weighted by Gasteiger charge is -2.17. The van der Waals surface area contributed by atoms with Crippen LogP contribution in [0.2, 0.25) is 0 Å². The number of aryl methyl sites for hydroxylation is 2. The first kappa shape index (κ1) is 21.6. The molecule has 0 bridgehead atoms. The fourth-order valence-corrected chi connectivity index (χ4v) is 3.52. The van der Waals surface area contributed by atoms with Gasteiger partial charge >= 0.3 is 5.97 Å². The van der Waals surface area contributed by atoms with Gasteiger partial charge in [0.25, 0.3) is 5.91 Å². The highest BCUT2D eigenvalue weighted by Crippen LogP contribution is 2.23. The monoisotopic (exact) mass is 409 g/mol. The first-order chi connectivity index (χ1) is 14.5. The van der Waals surface area contributed by atoms with Crippen LogP contribution in [0.15, 0.2) is 42.5 Å². The van der Waals surface area contributed by atoms with E-state index in [4.69, 9.17) is 9.47 Å². The van der Waals surface area contributed by atoms with Gasteiger partial charge in [-0.2, -0.15) is 0 Å². The van der Waals surface area contributed by atoms with E-state index >= 15 is 0 Å². The summed E-state index contributed by atoms with van der Waals surface area (Å²) in [6.45, 7) is 0.0652. The van der Waals surface area contributed by atoms with Crippen LogP contribution in [0.25, 0.3) is 0 Å². The normalized spacial score (nSPS) is 12.2. The van der Waals surface area contributed by atoms with E-state index in [1.807, 2.05) is 42.5 Å². The maximum atomic E-state index is 12.4. The molecule has 0 atom stereocenters. The number of ketones is 1. The predicted molar refractivity (Wildman–Crippen MR) is 112 cm³/mol. The van der Waals surface area contributed by atoms with Crippen LogP contribution in [0, 0.1) is 0 Å². The van der Waals surface area contributed by atoms with E-state index in [2.05, 4.69) is 0 Å². The molecular formula is C24H27NO5. The van der Waals surface area contributed by atoms with Crippen LogP contribution in [-0.4, -0.2) is 43.3 Å². The van der Waals surface area contributed by atoms with Gasteiger partial charge in [-0.1, -0.05) is 24.3 Å². The van der Waals surface area contributed by atoms with Gasteiger partial charge in [0.1, 0.15) is 5.75 Å². The molecule has 6 heteroatoms. The zero-order chi connectivity index (χ0) is 21.5. The number of amides is 1. The molecule has 0 unspecified atom stereocenters. The first-order valence-corrected chi connectivity index (χ1v) is 10.1. The summed E-state index contributed by atoms with van der Waals surface area (Å²) in [7, 11) is 3.25. The molecule has 0 N–H and O–H groups in total. The molecule has 2 aromatic rings.